The second-order valence-corrected chi connectivity index (χ2v) is 6.93. The number of rotatable bonds is 6. The van der Waals surface area contributed by atoms with Crippen LogP contribution in [0.15, 0.2) is 59.0 Å². The van der Waals surface area contributed by atoms with Gasteiger partial charge in [0.2, 0.25) is 5.89 Å². The number of benzene rings is 2. The molecule has 2 aromatic carbocycles. The van der Waals surface area contributed by atoms with Crippen molar-refractivity contribution in [1.82, 2.24) is 9.88 Å². The average molecular weight is 379 g/mol. The van der Waals surface area contributed by atoms with E-state index in [1.165, 1.54) is 0 Å². The second kappa shape index (κ2) is 8.56. The van der Waals surface area contributed by atoms with E-state index in [9.17, 15) is 0 Å². The van der Waals surface area contributed by atoms with Gasteiger partial charge in [-0.15, -0.1) is 0 Å². The molecule has 1 fully saturated rings. The Kier molecular flexibility index (Phi) is 5.71. The Hall–Kier alpha value is -2.67. The summed E-state index contributed by atoms with van der Waals surface area (Å²) < 4.78 is 17.5. The monoisotopic (exact) mass is 379 g/mol. The highest BCUT2D eigenvalue weighted by Crippen LogP contribution is 2.28. The van der Waals surface area contributed by atoms with E-state index in [0.29, 0.717) is 19.0 Å². The largest absolute Gasteiger partial charge is 0.457 e. The summed E-state index contributed by atoms with van der Waals surface area (Å²) in [6.07, 6.45) is 0.0900. The number of morpholine rings is 1. The average Bonchev–Trinajstić information content (AvgIpc) is 3.09. The van der Waals surface area contributed by atoms with E-state index < -0.39 is 0 Å². The molecule has 1 saturated heterocycles. The standard InChI is InChI=1S/C22H25N3O3/c1-16-21(15-25-10-11-26-20(13-23)14-25)24-22(27-16)17-6-5-9-19(12-17)28-18-7-3-2-4-8-18/h2-9,12,20H,10-11,13-15,23H2,1H3. The fourth-order valence-corrected chi connectivity index (χ4v) is 3.29. The Morgan fingerprint density at radius 3 is 2.79 bits per heavy atom. The third kappa shape index (κ3) is 4.42. The fraction of sp³-hybridized carbons (Fsp3) is 0.318. The highest BCUT2D eigenvalue weighted by Gasteiger charge is 2.22. The zero-order chi connectivity index (χ0) is 19.3. The molecule has 6 heteroatoms. The maximum absolute atomic E-state index is 5.95. The first-order valence-electron chi connectivity index (χ1n) is 9.55. The highest BCUT2D eigenvalue weighted by molar-refractivity contribution is 5.57. The van der Waals surface area contributed by atoms with Gasteiger partial charge in [0.05, 0.1) is 18.4 Å². The van der Waals surface area contributed by atoms with Crippen LogP contribution in [0.25, 0.3) is 11.5 Å². The molecule has 4 rings (SSSR count). The van der Waals surface area contributed by atoms with Crippen LogP contribution in [0.3, 0.4) is 0 Å². The van der Waals surface area contributed by atoms with Gasteiger partial charge in [0, 0.05) is 31.7 Å². The minimum absolute atomic E-state index is 0.0900. The number of oxazole rings is 1. The first kappa shape index (κ1) is 18.7. The predicted molar refractivity (Wildman–Crippen MR) is 107 cm³/mol. The van der Waals surface area contributed by atoms with Gasteiger partial charge in [-0.25, -0.2) is 4.98 Å². The molecule has 1 unspecified atom stereocenters. The predicted octanol–water partition coefficient (Wildman–Crippen LogP) is 3.60. The number of ether oxygens (including phenoxy) is 2. The number of hydrogen-bond donors (Lipinski definition) is 1. The van der Waals surface area contributed by atoms with Crippen molar-refractivity contribution in [3.63, 3.8) is 0 Å². The van der Waals surface area contributed by atoms with Crippen molar-refractivity contribution in [2.75, 3.05) is 26.2 Å². The Balaban J connectivity index is 1.49. The Morgan fingerprint density at radius 2 is 1.96 bits per heavy atom. The Bertz CT molecular complexity index is 910. The second-order valence-electron chi connectivity index (χ2n) is 6.93. The van der Waals surface area contributed by atoms with Crippen molar-refractivity contribution >= 4 is 0 Å². The highest BCUT2D eigenvalue weighted by atomic mass is 16.5. The molecule has 6 nitrogen and oxygen atoms in total. The molecule has 1 aliphatic heterocycles. The molecule has 0 amide bonds. The lowest BCUT2D eigenvalue weighted by atomic mass is 10.2. The van der Waals surface area contributed by atoms with E-state index in [-0.39, 0.29) is 6.10 Å². The van der Waals surface area contributed by atoms with Gasteiger partial charge >= 0.3 is 0 Å². The number of hydrogen-bond acceptors (Lipinski definition) is 6. The molecule has 28 heavy (non-hydrogen) atoms. The molecule has 2 N–H and O–H groups in total. The Labute approximate surface area is 164 Å². The maximum Gasteiger partial charge on any atom is 0.226 e. The third-order valence-electron chi connectivity index (χ3n) is 4.81. The van der Waals surface area contributed by atoms with E-state index in [1.54, 1.807) is 0 Å². The van der Waals surface area contributed by atoms with Gasteiger partial charge in [-0.2, -0.15) is 0 Å². The van der Waals surface area contributed by atoms with Gasteiger partial charge in [0.15, 0.2) is 0 Å². The molecule has 3 aromatic rings. The van der Waals surface area contributed by atoms with E-state index in [1.807, 2.05) is 61.5 Å². The van der Waals surface area contributed by atoms with Gasteiger partial charge in [0.1, 0.15) is 17.3 Å². The number of nitrogens with two attached hydrogens (primary N) is 1. The zero-order valence-electron chi connectivity index (χ0n) is 16.0. The molecule has 0 saturated carbocycles. The normalized spacial score (nSPS) is 17.6. The molecule has 0 radical (unpaired) electrons. The van der Waals surface area contributed by atoms with Crippen molar-refractivity contribution in [2.24, 2.45) is 5.73 Å². The fourth-order valence-electron chi connectivity index (χ4n) is 3.29. The molecular formula is C22H25N3O3. The lowest BCUT2D eigenvalue weighted by Crippen LogP contribution is -2.45. The van der Waals surface area contributed by atoms with Crippen molar-refractivity contribution in [2.45, 2.75) is 19.6 Å². The number of nitrogens with zero attached hydrogens (tertiary/aromatic N) is 2. The summed E-state index contributed by atoms with van der Waals surface area (Å²) in [5.74, 6) is 2.99. The van der Waals surface area contributed by atoms with E-state index in [4.69, 9.17) is 24.6 Å². The first-order valence-corrected chi connectivity index (χ1v) is 9.55. The third-order valence-corrected chi connectivity index (χ3v) is 4.81. The van der Waals surface area contributed by atoms with Gasteiger partial charge in [-0.1, -0.05) is 24.3 Å². The van der Waals surface area contributed by atoms with Crippen molar-refractivity contribution < 1.29 is 13.9 Å². The van der Waals surface area contributed by atoms with Gasteiger partial charge in [0.25, 0.3) is 0 Å². The van der Waals surface area contributed by atoms with Crippen LogP contribution >= 0.6 is 0 Å². The maximum atomic E-state index is 5.95. The summed E-state index contributed by atoms with van der Waals surface area (Å²) in [4.78, 5) is 7.05. The van der Waals surface area contributed by atoms with Crippen molar-refractivity contribution in [3.05, 3.63) is 66.1 Å². The summed E-state index contributed by atoms with van der Waals surface area (Å²) in [6, 6.07) is 17.5. The molecule has 0 bridgehead atoms. The molecule has 1 aliphatic rings. The summed E-state index contributed by atoms with van der Waals surface area (Å²) >= 11 is 0. The van der Waals surface area contributed by atoms with Gasteiger partial charge in [-0.3, -0.25) is 4.90 Å². The quantitative estimate of drug-likeness (QED) is 0.705. The number of para-hydroxylation sites is 1. The molecule has 1 atom stereocenters. The summed E-state index contributed by atoms with van der Waals surface area (Å²) in [6.45, 7) is 5.61. The molecule has 0 spiro atoms. The molecule has 0 aliphatic carbocycles. The van der Waals surface area contributed by atoms with Crippen molar-refractivity contribution in [3.8, 4) is 23.0 Å². The van der Waals surface area contributed by atoms with Crippen LogP contribution in [-0.4, -0.2) is 42.2 Å². The van der Waals surface area contributed by atoms with E-state index in [2.05, 4.69) is 4.90 Å². The topological polar surface area (TPSA) is 73.8 Å². The van der Waals surface area contributed by atoms with Crippen LogP contribution in [-0.2, 0) is 11.3 Å². The Morgan fingerprint density at radius 1 is 1.14 bits per heavy atom. The SMILES string of the molecule is Cc1oc(-c2cccc(Oc3ccccc3)c2)nc1CN1CCOC(CN)C1. The van der Waals surface area contributed by atoms with Crippen LogP contribution in [0.5, 0.6) is 11.5 Å². The van der Waals surface area contributed by atoms with Gasteiger partial charge in [-0.05, 0) is 37.3 Å². The number of aryl methyl sites for hydroxylation is 1. The molecule has 2 heterocycles. The van der Waals surface area contributed by atoms with Crippen LogP contribution in [0, 0.1) is 6.92 Å². The first-order chi connectivity index (χ1) is 13.7. The van der Waals surface area contributed by atoms with Gasteiger partial charge < -0.3 is 19.6 Å². The summed E-state index contributed by atoms with van der Waals surface area (Å²) in [5.41, 5.74) is 7.58. The van der Waals surface area contributed by atoms with Crippen LogP contribution in [0.4, 0.5) is 0 Å². The lowest BCUT2D eigenvalue weighted by Gasteiger charge is -2.31. The van der Waals surface area contributed by atoms with E-state index >= 15 is 0 Å². The smallest absolute Gasteiger partial charge is 0.226 e. The van der Waals surface area contributed by atoms with Crippen molar-refractivity contribution in [1.29, 1.82) is 0 Å². The summed E-state index contributed by atoms with van der Waals surface area (Å²) in [7, 11) is 0. The minimum atomic E-state index is 0.0900. The molecule has 1 aromatic heterocycles. The van der Waals surface area contributed by atoms with Crippen LogP contribution in [0.2, 0.25) is 0 Å². The minimum Gasteiger partial charge on any atom is -0.457 e. The van der Waals surface area contributed by atoms with Crippen LogP contribution in [0.1, 0.15) is 11.5 Å². The summed E-state index contributed by atoms with van der Waals surface area (Å²) in [5, 5.41) is 0. The molecular weight excluding hydrogens is 354 g/mol. The van der Waals surface area contributed by atoms with E-state index in [0.717, 1.165) is 48.2 Å². The zero-order valence-corrected chi connectivity index (χ0v) is 16.0. The number of aromatic nitrogens is 1. The van der Waals surface area contributed by atoms with Crippen LogP contribution < -0.4 is 10.5 Å². The lowest BCUT2D eigenvalue weighted by molar-refractivity contribution is -0.0264. The molecule has 146 valence electrons.